The van der Waals surface area contributed by atoms with Gasteiger partial charge in [0, 0.05) is 17.6 Å². The molecule has 0 radical (unpaired) electrons. The van der Waals surface area contributed by atoms with Crippen molar-refractivity contribution in [2.45, 2.75) is 13.0 Å². The zero-order valence-corrected chi connectivity index (χ0v) is 12.1. The molecule has 0 bridgehead atoms. The topological polar surface area (TPSA) is 69.6 Å². The predicted octanol–water partition coefficient (Wildman–Crippen LogP) is 2.24. The molecule has 1 heterocycles. The average molecular weight is 327 g/mol. The zero-order valence-electron chi connectivity index (χ0n) is 10.5. The third kappa shape index (κ3) is 3.26. The highest BCUT2D eigenvalue weighted by atomic mass is 79.9. The van der Waals surface area contributed by atoms with Gasteiger partial charge in [-0.15, -0.1) is 0 Å². The van der Waals surface area contributed by atoms with Gasteiger partial charge in [-0.25, -0.2) is 4.79 Å². The lowest BCUT2D eigenvalue weighted by Gasteiger charge is -2.37. The molecule has 1 aliphatic rings. The number of benzene rings is 1. The summed E-state index contributed by atoms with van der Waals surface area (Å²) in [7, 11) is 0. The summed E-state index contributed by atoms with van der Waals surface area (Å²) < 4.78 is 0.959. The van der Waals surface area contributed by atoms with E-state index in [4.69, 9.17) is 5.11 Å². The number of rotatable bonds is 3. The van der Waals surface area contributed by atoms with Crippen LogP contribution in [0.15, 0.2) is 28.7 Å². The van der Waals surface area contributed by atoms with Crippen molar-refractivity contribution in [3.63, 3.8) is 0 Å². The largest absolute Gasteiger partial charge is 0.481 e. The molecule has 1 aromatic rings. The second kappa shape index (κ2) is 5.61. The molecule has 1 saturated heterocycles. The van der Waals surface area contributed by atoms with Gasteiger partial charge >= 0.3 is 12.0 Å². The quantitative estimate of drug-likeness (QED) is 0.894. The molecule has 1 fully saturated rings. The number of halogens is 1. The Kier molecular flexibility index (Phi) is 4.09. The number of likely N-dealkylation sites (tertiary alicyclic amines) is 1. The van der Waals surface area contributed by atoms with Crippen molar-refractivity contribution in [1.29, 1.82) is 0 Å². The first kappa shape index (κ1) is 13.9. The van der Waals surface area contributed by atoms with Crippen molar-refractivity contribution >= 4 is 27.9 Å². The Morgan fingerprint density at radius 3 is 2.74 bits per heavy atom. The minimum atomic E-state index is -0.843. The first-order valence-corrected chi connectivity index (χ1v) is 6.80. The van der Waals surface area contributed by atoms with Crippen molar-refractivity contribution in [2.24, 2.45) is 5.92 Å². The van der Waals surface area contributed by atoms with E-state index in [9.17, 15) is 9.59 Å². The minimum absolute atomic E-state index is 0.117. The fourth-order valence-corrected chi connectivity index (χ4v) is 2.35. The van der Waals surface area contributed by atoms with Crippen LogP contribution < -0.4 is 5.32 Å². The number of nitrogens with one attached hydrogen (secondary N) is 1. The molecule has 0 aromatic heterocycles. The maximum atomic E-state index is 11.9. The van der Waals surface area contributed by atoms with E-state index in [0.717, 1.165) is 10.0 Å². The second-order valence-corrected chi connectivity index (χ2v) is 5.58. The molecule has 0 aliphatic carbocycles. The van der Waals surface area contributed by atoms with Crippen LogP contribution in [-0.2, 0) is 4.79 Å². The molecule has 19 heavy (non-hydrogen) atoms. The van der Waals surface area contributed by atoms with Crippen LogP contribution in [0.3, 0.4) is 0 Å². The van der Waals surface area contributed by atoms with Crippen LogP contribution in [-0.4, -0.2) is 35.1 Å². The van der Waals surface area contributed by atoms with Gasteiger partial charge < -0.3 is 15.3 Å². The van der Waals surface area contributed by atoms with Crippen LogP contribution in [0.1, 0.15) is 18.5 Å². The third-order valence-corrected chi connectivity index (χ3v) is 3.70. The van der Waals surface area contributed by atoms with Crippen molar-refractivity contribution in [3.05, 3.63) is 34.3 Å². The number of urea groups is 1. The Morgan fingerprint density at radius 1 is 1.47 bits per heavy atom. The maximum absolute atomic E-state index is 11.9. The number of hydrogen-bond acceptors (Lipinski definition) is 2. The Labute approximate surface area is 119 Å². The maximum Gasteiger partial charge on any atom is 0.317 e. The van der Waals surface area contributed by atoms with Gasteiger partial charge in [0.05, 0.1) is 12.0 Å². The molecule has 1 aromatic carbocycles. The lowest BCUT2D eigenvalue weighted by Crippen LogP contribution is -2.56. The van der Waals surface area contributed by atoms with Gasteiger partial charge in [0.2, 0.25) is 0 Å². The summed E-state index contributed by atoms with van der Waals surface area (Å²) in [5, 5.41) is 11.6. The highest BCUT2D eigenvalue weighted by Gasteiger charge is 2.35. The summed E-state index contributed by atoms with van der Waals surface area (Å²) in [5.41, 5.74) is 0.998. The molecule has 2 rings (SSSR count). The number of carboxylic acid groups (broad SMARTS) is 1. The number of nitrogens with zero attached hydrogens (tertiary/aromatic N) is 1. The zero-order chi connectivity index (χ0) is 14.0. The van der Waals surface area contributed by atoms with Gasteiger partial charge in [0.15, 0.2) is 0 Å². The van der Waals surface area contributed by atoms with Crippen LogP contribution in [0.25, 0.3) is 0 Å². The first-order chi connectivity index (χ1) is 8.97. The van der Waals surface area contributed by atoms with Crippen molar-refractivity contribution in [2.75, 3.05) is 13.1 Å². The fraction of sp³-hybridized carbons (Fsp3) is 0.385. The Hall–Kier alpha value is -1.56. The summed E-state index contributed by atoms with van der Waals surface area (Å²) in [6.07, 6.45) is 0. The molecule has 0 saturated carbocycles. The van der Waals surface area contributed by atoms with E-state index in [2.05, 4.69) is 21.2 Å². The third-order valence-electron chi connectivity index (χ3n) is 3.21. The van der Waals surface area contributed by atoms with Gasteiger partial charge in [-0.3, -0.25) is 4.79 Å². The van der Waals surface area contributed by atoms with Crippen molar-refractivity contribution in [3.8, 4) is 0 Å². The summed E-state index contributed by atoms with van der Waals surface area (Å²) >= 11 is 3.39. The van der Waals surface area contributed by atoms with Crippen LogP contribution >= 0.6 is 15.9 Å². The van der Waals surface area contributed by atoms with E-state index in [1.54, 1.807) is 0 Å². The molecule has 2 amide bonds. The molecular weight excluding hydrogens is 312 g/mol. The van der Waals surface area contributed by atoms with Crippen molar-refractivity contribution in [1.82, 2.24) is 10.2 Å². The van der Waals surface area contributed by atoms with Gasteiger partial charge in [-0.05, 0) is 24.6 Å². The number of carbonyl (C=O) groups is 2. The highest BCUT2D eigenvalue weighted by molar-refractivity contribution is 9.10. The fourth-order valence-electron chi connectivity index (χ4n) is 1.94. The number of carbonyl (C=O) groups excluding carboxylic acids is 1. The summed E-state index contributed by atoms with van der Waals surface area (Å²) in [6.45, 7) is 2.47. The Morgan fingerprint density at radius 2 is 2.16 bits per heavy atom. The van der Waals surface area contributed by atoms with Crippen LogP contribution in [0.2, 0.25) is 0 Å². The Bertz CT molecular complexity index is 500. The molecule has 0 spiro atoms. The summed E-state index contributed by atoms with van der Waals surface area (Å²) in [4.78, 5) is 24.0. The van der Waals surface area contributed by atoms with E-state index >= 15 is 0 Å². The normalized spacial score (nSPS) is 16.6. The minimum Gasteiger partial charge on any atom is -0.481 e. The summed E-state index contributed by atoms with van der Waals surface area (Å²) in [5.74, 6) is -1.27. The van der Waals surface area contributed by atoms with E-state index in [-0.39, 0.29) is 25.2 Å². The number of carboxylic acids is 1. The standard InChI is InChI=1S/C13H15BrN2O3/c1-8(9-3-2-4-11(14)5-9)15-13(19)16-6-10(7-16)12(17)18/h2-5,8,10H,6-7H2,1H3,(H,15,19)(H,17,18). The SMILES string of the molecule is CC(NC(=O)N1CC(C(=O)O)C1)c1cccc(Br)c1. The number of amides is 2. The van der Waals surface area contributed by atoms with Gasteiger partial charge in [0.1, 0.15) is 0 Å². The van der Waals surface area contributed by atoms with Gasteiger partial charge in [0.25, 0.3) is 0 Å². The number of hydrogen-bond donors (Lipinski definition) is 2. The van der Waals surface area contributed by atoms with Crippen molar-refractivity contribution < 1.29 is 14.7 Å². The lowest BCUT2D eigenvalue weighted by molar-refractivity contribution is -0.146. The van der Waals surface area contributed by atoms with E-state index < -0.39 is 11.9 Å². The molecule has 1 atom stereocenters. The molecule has 6 heteroatoms. The molecule has 1 aliphatic heterocycles. The highest BCUT2D eigenvalue weighted by Crippen LogP contribution is 2.20. The van der Waals surface area contributed by atoms with E-state index in [1.165, 1.54) is 4.90 Å². The van der Waals surface area contributed by atoms with E-state index in [1.807, 2.05) is 31.2 Å². The van der Waals surface area contributed by atoms with Crippen LogP contribution in [0.4, 0.5) is 4.79 Å². The van der Waals surface area contributed by atoms with E-state index in [0.29, 0.717) is 0 Å². The first-order valence-electron chi connectivity index (χ1n) is 6.01. The lowest BCUT2D eigenvalue weighted by atomic mass is 10.0. The van der Waals surface area contributed by atoms with Crippen LogP contribution in [0.5, 0.6) is 0 Å². The second-order valence-electron chi connectivity index (χ2n) is 4.67. The smallest absolute Gasteiger partial charge is 0.317 e. The molecule has 2 N–H and O–H groups in total. The van der Waals surface area contributed by atoms with Gasteiger partial charge in [-0.1, -0.05) is 28.1 Å². The summed E-state index contributed by atoms with van der Waals surface area (Å²) in [6, 6.07) is 7.38. The molecular formula is C13H15BrN2O3. The predicted molar refractivity (Wildman–Crippen MR) is 73.8 cm³/mol. The average Bonchev–Trinajstić information content (AvgIpc) is 2.26. The molecule has 102 valence electrons. The van der Waals surface area contributed by atoms with Crippen LogP contribution in [0, 0.1) is 5.92 Å². The number of aliphatic carboxylic acids is 1. The molecule has 1 unspecified atom stereocenters. The molecule has 5 nitrogen and oxygen atoms in total. The Balaban J connectivity index is 1.88. The monoisotopic (exact) mass is 326 g/mol. The van der Waals surface area contributed by atoms with Gasteiger partial charge in [-0.2, -0.15) is 0 Å².